The number of cyclic esters (lactones) is 1. The number of aromatic nitrogens is 2. The molecule has 2 aliphatic heterocycles. The molecule has 1 unspecified atom stereocenters. The molecular formula is C22H19FN4O4. The molecule has 3 aromatic rings. The molecule has 0 aliphatic carbocycles. The van der Waals surface area contributed by atoms with Gasteiger partial charge < -0.3 is 9.64 Å². The highest BCUT2D eigenvalue weighted by atomic mass is 19.1. The number of carbonyl (C=O) groups excluding carboxylic acids is 2. The van der Waals surface area contributed by atoms with Crippen molar-refractivity contribution in [2.75, 3.05) is 26.2 Å². The molecule has 1 atom stereocenters. The fourth-order valence-electron chi connectivity index (χ4n) is 4.19. The number of rotatable bonds is 3. The molecule has 2 saturated heterocycles. The number of carbonyl (C=O) groups is 2. The number of H-pyrrole nitrogens is 1. The second-order valence-electron chi connectivity index (χ2n) is 7.71. The fraction of sp³-hybridized carbons (Fsp3) is 0.273. The highest BCUT2D eigenvalue weighted by molar-refractivity contribution is 5.95. The van der Waals surface area contributed by atoms with Crippen molar-refractivity contribution in [3.8, 4) is 0 Å². The molecule has 1 aromatic heterocycles. The molecule has 2 fully saturated rings. The zero-order chi connectivity index (χ0) is 21.5. The van der Waals surface area contributed by atoms with E-state index in [1.807, 2.05) is 12.1 Å². The number of piperazine rings is 1. The maximum atomic E-state index is 14.5. The van der Waals surface area contributed by atoms with Crippen LogP contribution < -0.4 is 5.56 Å². The molecule has 1 N–H and O–H groups in total. The van der Waals surface area contributed by atoms with E-state index >= 15 is 0 Å². The van der Waals surface area contributed by atoms with Crippen LogP contribution in [0.1, 0.15) is 21.6 Å². The van der Waals surface area contributed by atoms with Crippen LogP contribution in [-0.2, 0) is 11.2 Å². The summed E-state index contributed by atoms with van der Waals surface area (Å²) in [5.41, 5.74) is 1.04. The summed E-state index contributed by atoms with van der Waals surface area (Å²) in [6, 6.07) is 11.3. The number of fused-ring (bicyclic) bond motifs is 2. The number of halogens is 1. The van der Waals surface area contributed by atoms with Crippen LogP contribution in [0.15, 0.2) is 47.3 Å². The van der Waals surface area contributed by atoms with Gasteiger partial charge >= 0.3 is 6.09 Å². The average molecular weight is 422 g/mol. The summed E-state index contributed by atoms with van der Waals surface area (Å²) in [6.07, 6.45) is -0.0396. The van der Waals surface area contributed by atoms with Gasteiger partial charge in [-0.2, -0.15) is 5.10 Å². The third-order valence-corrected chi connectivity index (χ3v) is 5.81. The van der Waals surface area contributed by atoms with Crippen molar-refractivity contribution in [3.05, 3.63) is 75.5 Å². The summed E-state index contributed by atoms with van der Waals surface area (Å²) >= 11 is 0. The smallest absolute Gasteiger partial charge is 0.410 e. The second kappa shape index (κ2) is 7.50. The Morgan fingerprint density at radius 3 is 2.81 bits per heavy atom. The summed E-state index contributed by atoms with van der Waals surface area (Å²) in [6.45, 7) is 1.22. The minimum atomic E-state index is -0.603. The summed E-state index contributed by atoms with van der Waals surface area (Å²) in [7, 11) is 0. The van der Waals surface area contributed by atoms with Crippen LogP contribution in [0.25, 0.3) is 10.8 Å². The van der Waals surface area contributed by atoms with Crippen molar-refractivity contribution in [2.24, 2.45) is 0 Å². The number of hydrogen-bond acceptors (Lipinski definition) is 5. The third-order valence-electron chi connectivity index (χ3n) is 5.81. The summed E-state index contributed by atoms with van der Waals surface area (Å²) in [5.74, 6) is -1.02. The largest absolute Gasteiger partial charge is 0.447 e. The zero-order valence-corrected chi connectivity index (χ0v) is 16.5. The van der Waals surface area contributed by atoms with Crippen molar-refractivity contribution in [1.29, 1.82) is 0 Å². The van der Waals surface area contributed by atoms with Crippen molar-refractivity contribution in [1.82, 2.24) is 20.0 Å². The molecule has 2 aromatic carbocycles. The number of nitrogens with one attached hydrogen (secondary N) is 1. The molecule has 5 rings (SSSR count). The lowest BCUT2D eigenvalue weighted by molar-refractivity contribution is 0.0612. The van der Waals surface area contributed by atoms with E-state index in [1.54, 1.807) is 28.0 Å². The van der Waals surface area contributed by atoms with Gasteiger partial charge in [0.05, 0.1) is 22.7 Å². The van der Waals surface area contributed by atoms with Gasteiger partial charge in [0.25, 0.3) is 11.5 Å². The molecule has 9 heteroatoms. The molecule has 158 valence electrons. The predicted molar refractivity (Wildman–Crippen MR) is 109 cm³/mol. The van der Waals surface area contributed by atoms with Gasteiger partial charge in [-0.15, -0.1) is 0 Å². The Bertz CT molecular complexity index is 1260. The number of benzene rings is 2. The number of ether oxygens (including phenoxy) is 1. The van der Waals surface area contributed by atoms with Gasteiger partial charge in [-0.1, -0.05) is 24.3 Å². The van der Waals surface area contributed by atoms with Crippen molar-refractivity contribution in [3.63, 3.8) is 0 Å². The first kappa shape index (κ1) is 19.2. The highest BCUT2D eigenvalue weighted by Crippen LogP contribution is 2.22. The number of aromatic amines is 1. The molecule has 2 amide bonds. The Kier molecular flexibility index (Phi) is 4.65. The van der Waals surface area contributed by atoms with Crippen LogP contribution in [0.2, 0.25) is 0 Å². The standard InChI is InChI=1S/C22H19FN4O4/c23-18-6-5-13(10-19-15-3-1-2-4-16(15)20(28)25-24-19)9-17(18)21(29)26-7-8-27-14(11-26)12-31-22(27)30/h1-6,9,14H,7-8,10-12H2,(H,25,28). The molecule has 31 heavy (non-hydrogen) atoms. The van der Waals surface area contributed by atoms with Gasteiger partial charge in [-0.3, -0.25) is 14.5 Å². The van der Waals surface area contributed by atoms with Crippen LogP contribution in [0.3, 0.4) is 0 Å². The van der Waals surface area contributed by atoms with Crippen LogP contribution in [0.4, 0.5) is 9.18 Å². The lowest BCUT2D eigenvalue weighted by Gasteiger charge is -2.35. The van der Waals surface area contributed by atoms with E-state index in [9.17, 15) is 18.8 Å². The Labute approximate surface area is 176 Å². The summed E-state index contributed by atoms with van der Waals surface area (Å²) < 4.78 is 19.6. The van der Waals surface area contributed by atoms with Gasteiger partial charge in [-0.05, 0) is 23.8 Å². The van der Waals surface area contributed by atoms with Crippen LogP contribution in [0, 0.1) is 5.82 Å². The molecule has 0 radical (unpaired) electrons. The molecule has 0 bridgehead atoms. The van der Waals surface area contributed by atoms with E-state index in [-0.39, 0.29) is 29.9 Å². The molecular weight excluding hydrogens is 403 g/mol. The van der Waals surface area contributed by atoms with Gasteiger partial charge in [0, 0.05) is 31.4 Å². The lowest BCUT2D eigenvalue weighted by atomic mass is 10.0. The highest BCUT2D eigenvalue weighted by Gasteiger charge is 2.39. The minimum Gasteiger partial charge on any atom is -0.447 e. The number of hydrogen-bond donors (Lipinski definition) is 1. The summed E-state index contributed by atoms with van der Waals surface area (Å²) in [5, 5.41) is 7.88. The maximum Gasteiger partial charge on any atom is 0.410 e. The van der Waals surface area contributed by atoms with Crippen molar-refractivity contribution >= 4 is 22.8 Å². The molecule has 0 saturated carbocycles. The van der Waals surface area contributed by atoms with E-state index in [0.717, 1.165) is 0 Å². The SMILES string of the molecule is O=C(c1cc(Cc2n[nH]c(=O)c3ccccc23)ccc1F)N1CCN2C(=O)OCC2C1. The van der Waals surface area contributed by atoms with Gasteiger partial charge in [0.15, 0.2) is 0 Å². The zero-order valence-electron chi connectivity index (χ0n) is 16.5. The molecule has 8 nitrogen and oxygen atoms in total. The lowest BCUT2D eigenvalue weighted by Crippen LogP contribution is -2.53. The van der Waals surface area contributed by atoms with Gasteiger partial charge in [-0.25, -0.2) is 14.3 Å². The second-order valence-corrected chi connectivity index (χ2v) is 7.71. The van der Waals surface area contributed by atoms with Crippen LogP contribution in [-0.4, -0.2) is 64.3 Å². The quantitative estimate of drug-likeness (QED) is 0.696. The van der Waals surface area contributed by atoms with Crippen LogP contribution in [0.5, 0.6) is 0 Å². The van der Waals surface area contributed by atoms with E-state index in [4.69, 9.17) is 4.74 Å². The van der Waals surface area contributed by atoms with Gasteiger partial charge in [0.1, 0.15) is 12.4 Å². The minimum absolute atomic E-state index is 0.0232. The van der Waals surface area contributed by atoms with E-state index in [2.05, 4.69) is 10.2 Å². The third kappa shape index (κ3) is 3.41. The number of amides is 2. The van der Waals surface area contributed by atoms with E-state index in [1.165, 1.54) is 12.1 Å². The first-order chi connectivity index (χ1) is 15.0. The molecule has 0 spiro atoms. The Morgan fingerprint density at radius 2 is 1.97 bits per heavy atom. The van der Waals surface area contributed by atoms with E-state index < -0.39 is 11.7 Å². The molecule has 2 aliphatic rings. The van der Waals surface area contributed by atoms with E-state index in [0.29, 0.717) is 48.1 Å². The Morgan fingerprint density at radius 1 is 1.16 bits per heavy atom. The Balaban J connectivity index is 1.41. The van der Waals surface area contributed by atoms with Crippen molar-refractivity contribution < 1.29 is 18.7 Å². The van der Waals surface area contributed by atoms with Crippen molar-refractivity contribution in [2.45, 2.75) is 12.5 Å². The number of nitrogens with zero attached hydrogens (tertiary/aromatic N) is 3. The molecule has 3 heterocycles. The fourth-order valence-corrected chi connectivity index (χ4v) is 4.19. The van der Waals surface area contributed by atoms with Gasteiger partial charge in [0.2, 0.25) is 0 Å². The first-order valence-electron chi connectivity index (χ1n) is 9.98. The monoisotopic (exact) mass is 422 g/mol. The van der Waals surface area contributed by atoms with Crippen LogP contribution >= 0.6 is 0 Å². The normalized spacial score (nSPS) is 18.2. The topological polar surface area (TPSA) is 95.6 Å². The predicted octanol–water partition coefficient (Wildman–Crippen LogP) is 1.93. The average Bonchev–Trinajstić information content (AvgIpc) is 3.17. The first-order valence-corrected chi connectivity index (χ1v) is 9.98. The Hall–Kier alpha value is -3.75. The summed E-state index contributed by atoms with van der Waals surface area (Å²) in [4.78, 5) is 39.8. The maximum absolute atomic E-state index is 14.5.